The third kappa shape index (κ3) is 1.42. The molecule has 1 heterocycles. The number of hydrogen-bond acceptors (Lipinski definition) is 2. The second-order valence-electron chi connectivity index (χ2n) is 2.30. The molecular formula is C7H10BNO. The van der Waals surface area contributed by atoms with Gasteiger partial charge in [0.1, 0.15) is 13.6 Å². The van der Waals surface area contributed by atoms with E-state index in [4.69, 9.17) is 18.0 Å². The lowest BCUT2D eigenvalue weighted by atomic mass is 9.99. The fourth-order valence-corrected chi connectivity index (χ4v) is 0.764. The van der Waals surface area contributed by atoms with Gasteiger partial charge in [0.15, 0.2) is 0 Å². The van der Waals surface area contributed by atoms with Crippen LogP contribution in [0.4, 0.5) is 0 Å². The van der Waals surface area contributed by atoms with Crippen LogP contribution in [0.3, 0.4) is 0 Å². The highest BCUT2D eigenvalue weighted by atomic mass is 16.3. The Labute approximate surface area is 61.8 Å². The van der Waals surface area contributed by atoms with Crippen molar-refractivity contribution in [1.82, 2.24) is 0 Å². The smallest absolute Gasteiger partial charge is 0.119 e. The van der Waals surface area contributed by atoms with Crippen LogP contribution >= 0.6 is 0 Å². The molecule has 1 aromatic heterocycles. The predicted octanol–water partition coefficient (Wildman–Crippen LogP) is 0.483. The molecule has 0 spiro atoms. The molecular weight excluding hydrogens is 125 g/mol. The maximum Gasteiger partial charge on any atom is 0.119 e. The Kier molecular flexibility index (Phi) is 2.17. The van der Waals surface area contributed by atoms with Crippen molar-refractivity contribution in [1.29, 1.82) is 0 Å². The van der Waals surface area contributed by atoms with Crippen molar-refractivity contribution in [3.8, 4) is 0 Å². The van der Waals surface area contributed by atoms with Gasteiger partial charge in [-0.3, -0.25) is 0 Å². The van der Waals surface area contributed by atoms with Gasteiger partial charge >= 0.3 is 0 Å². The number of rotatable bonds is 2. The molecule has 0 aliphatic carbocycles. The third-order valence-electron chi connectivity index (χ3n) is 1.45. The molecule has 0 aromatic carbocycles. The van der Waals surface area contributed by atoms with Crippen LogP contribution in [0.1, 0.15) is 25.1 Å². The Morgan fingerprint density at radius 3 is 2.90 bits per heavy atom. The van der Waals surface area contributed by atoms with E-state index in [2.05, 4.69) is 0 Å². The zero-order valence-electron chi connectivity index (χ0n) is 6.00. The van der Waals surface area contributed by atoms with Gasteiger partial charge in [-0.2, -0.15) is 0 Å². The van der Waals surface area contributed by atoms with Crippen LogP contribution < -0.4 is 11.2 Å². The molecule has 0 saturated heterocycles. The first-order valence-corrected chi connectivity index (χ1v) is 3.33. The maximum atomic E-state index is 5.66. The van der Waals surface area contributed by atoms with E-state index in [1.54, 1.807) is 6.07 Å². The van der Waals surface area contributed by atoms with E-state index in [1.807, 2.05) is 6.92 Å². The van der Waals surface area contributed by atoms with Crippen molar-refractivity contribution in [3.05, 3.63) is 18.1 Å². The molecule has 2 N–H and O–H groups in total. The van der Waals surface area contributed by atoms with E-state index in [0.29, 0.717) is 5.46 Å². The summed E-state index contributed by atoms with van der Waals surface area (Å²) in [6.45, 7) is 2.00. The SMILES string of the molecule is [B]c1coc(C(N)CC)c1. The molecule has 1 atom stereocenters. The average Bonchev–Trinajstić information content (AvgIpc) is 2.34. The minimum Gasteiger partial charge on any atom is -0.468 e. The van der Waals surface area contributed by atoms with Gasteiger partial charge in [0.2, 0.25) is 0 Å². The Morgan fingerprint density at radius 2 is 2.50 bits per heavy atom. The van der Waals surface area contributed by atoms with Gasteiger partial charge in [0, 0.05) is 0 Å². The van der Waals surface area contributed by atoms with E-state index in [-0.39, 0.29) is 6.04 Å². The minimum atomic E-state index is -0.0164. The molecule has 2 nitrogen and oxygen atoms in total. The molecule has 0 fully saturated rings. The summed E-state index contributed by atoms with van der Waals surface area (Å²) < 4.78 is 5.07. The van der Waals surface area contributed by atoms with Crippen LogP contribution in [0.2, 0.25) is 0 Å². The lowest BCUT2D eigenvalue weighted by Gasteiger charge is -2.01. The molecule has 0 saturated carbocycles. The Hall–Kier alpha value is -0.695. The predicted molar refractivity (Wildman–Crippen MR) is 41.3 cm³/mol. The number of hydrogen-bond donors (Lipinski definition) is 1. The molecule has 0 bridgehead atoms. The van der Waals surface area contributed by atoms with Gasteiger partial charge in [0.25, 0.3) is 0 Å². The van der Waals surface area contributed by atoms with Crippen molar-refractivity contribution >= 4 is 13.3 Å². The zero-order valence-corrected chi connectivity index (χ0v) is 6.00. The van der Waals surface area contributed by atoms with E-state index in [0.717, 1.165) is 12.2 Å². The van der Waals surface area contributed by atoms with Crippen LogP contribution in [0, 0.1) is 0 Å². The van der Waals surface area contributed by atoms with Crippen molar-refractivity contribution < 1.29 is 4.42 Å². The first-order valence-electron chi connectivity index (χ1n) is 3.33. The quantitative estimate of drug-likeness (QED) is 0.599. The summed E-state index contributed by atoms with van der Waals surface area (Å²) in [6.07, 6.45) is 2.37. The normalized spacial score (nSPS) is 13.4. The summed E-state index contributed by atoms with van der Waals surface area (Å²) in [6, 6.07) is 1.74. The summed E-state index contributed by atoms with van der Waals surface area (Å²) in [7, 11) is 5.42. The highest BCUT2D eigenvalue weighted by molar-refractivity contribution is 6.32. The lowest BCUT2D eigenvalue weighted by Crippen LogP contribution is -2.07. The minimum absolute atomic E-state index is 0.0164. The van der Waals surface area contributed by atoms with Gasteiger partial charge < -0.3 is 10.2 Å². The molecule has 0 aliphatic heterocycles. The topological polar surface area (TPSA) is 39.2 Å². The van der Waals surface area contributed by atoms with Crippen molar-refractivity contribution in [2.75, 3.05) is 0 Å². The first-order chi connectivity index (χ1) is 4.74. The van der Waals surface area contributed by atoms with Crippen LogP contribution in [0.5, 0.6) is 0 Å². The first kappa shape index (κ1) is 7.41. The van der Waals surface area contributed by atoms with E-state index >= 15 is 0 Å². The van der Waals surface area contributed by atoms with Crippen LogP contribution in [-0.2, 0) is 0 Å². The standard InChI is InChI=1S/C7H10BNO/c1-2-6(9)7-3-5(8)4-10-7/h3-4,6H,2,9H2,1H3. The summed E-state index contributed by atoms with van der Waals surface area (Å²) in [5.74, 6) is 0.764. The molecule has 10 heavy (non-hydrogen) atoms. The number of furan rings is 1. The molecule has 1 rings (SSSR count). The fourth-order valence-electron chi connectivity index (χ4n) is 0.764. The Balaban J connectivity index is 2.74. The monoisotopic (exact) mass is 135 g/mol. The van der Waals surface area contributed by atoms with Crippen LogP contribution in [0.15, 0.2) is 16.7 Å². The van der Waals surface area contributed by atoms with Crippen LogP contribution in [0.25, 0.3) is 0 Å². The summed E-state index contributed by atoms with van der Waals surface area (Å²) >= 11 is 0. The Bertz CT molecular complexity index is 209. The third-order valence-corrected chi connectivity index (χ3v) is 1.45. The largest absolute Gasteiger partial charge is 0.468 e. The molecule has 3 heteroatoms. The molecule has 1 unspecified atom stereocenters. The second kappa shape index (κ2) is 2.93. The summed E-state index contributed by atoms with van der Waals surface area (Å²) in [4.78, 5) is 0. The average molecular weight is 135 g/mol. The number of nitrogens with two attached hydrogens (primary N) is 1. The molecule has 0 aliphatic rings. The molecule has 0 amide bonds. The lowest BCUT2D eigenvalue weighted by molar-refractivity contribution is 0.461. The zero-order chi connectivity index (χ0) is 7.56. The highest BCUT2D eigenvalue weighted by Gasteiger charge is 2.05. The van der Waals surface area contributed by atoms with Crippen molar-refractivity contribution in [3.63, 3.8) is 0 Å². The van der Waals surface area contributed by atoms with E-state index in [9.17, 15) is 0 Å². The van der Waals surface area contributed by atoms with Crippen LogP contribution in [-0.4, -0.2) is 7.85 Å². The highest BCUT2D eigenvalue weighted by Crippen LogP contribution is 2.11. The maximum absolute atomic E-state index is 5.66. The van der Waals surface area contributed by atoms with Gasteiger partial charge in [0.05, 0.1) is 12.3 Å². The van der Waals surface area contributed by atoms with Crippen molar-refractivity contribution in [2.45, 2.75) is 19.4 Å². The molecule has 1 aromatic rings. The van der Waals surface area contributed by atoms with E-state index in [1.165, 1.54) is 6.26 Å². The summed E-state index contributed by atoms with van der Waals surface area (Å²) in [5.41, 5.74) is 6.30. The van der Waals surface area contributed by atoms with Gasteiger partial charge in [-0.15, -0.1) is 0 Å². The van der Waals surface area contributed by atoms with Crippen molar-refractivity contribution in [2.24, 2.45) is 5.73 Å². The molecule has 52 valence electrons. The molecule has 2 radical (unpaired) electrons. The van der Waals surface area contributed by atoms with Gasteiger partial charge in [-0.25, -0.2) is 0 Å². The van der Waals surface area contributed by atoms with Gasteiger partial charge in [-0.05, 0) is 12.5 Å². The summed E-state index contributed by atoms with van der Waals surface area (Å²) in [5, 5.41) is 0. The second-order valence-corrected chi connectivity index (χ2v) is 2.30. The fraction of sp³-hybridized carbons (Fsp3) is 0.429. The van der Waals surface area contributed by atoms with E-state index < -0.39 is 0 Å². The Morgan fingerprint density at radius 1 is 1.80 bits per heavy atom. The van der Waals surface area contributed by atoms with Gasteiger partial charge in [-0.1, -0.05) is 12.4 Å².